The van der Waals surface area contributed by atoms with Gasteiger partial charge in [-0.1, -0.05) is 46.3 Å². The van der Waals surface area contributed by atoms with Crippen LogP contribution in [0.25, 0.3) is 21.5 Å². The number of thiazole rings is 1. The second kappa shape index (κ2) is 6.27. The summed E-state index contributed by atoms with van der Waals surface area (Å²) >= 11 is 8.34. The van der Waals surface area contributed by atoms with Gasteiger partial charge in [0.2, 0.25) is 5.78 Å². The molecule has 4 rings (SSSR count). The fourth-order valence-corrected chi connectivity index (χ4v) is 4.55. The highest BCUT2D eigenvalue weighted by Gasteiger charge is 2.19. The summed E-state index contributed by atoms with van der Waals surface area (Å²) in [7, 11) is 0. The van der Waals surface area contributed by atoms with Gasteiger partial charge in [-0.05, 0) is 34.1 Å². The fourth-order valence-electron chi connectivity index (χ4n) is 2.41. The summed E-state index contributed by atoms with van der Waals surface area (Å²) in [6.45, 7) is 0. The Labute approximate surface area is 158 Å². The molecule has 0 unspecified atom stereocenters. The minimum atomic E-state index is -0.215. The molecule has 0 atom stereocenters. The van der Waals surface area contributed by atoms with E-state index in [-0.39, 0.29) is 11.5 Å². The Morgan fingerprint density at radius 1 is 1.08 bits per heavy atom. The first-order valence-electron chi connectivity index (χ1n) is 7.06. The summed E-state index contributed by atoms with van der Waals surface area (Å²) in [6, 6.07) is 15.3. The third-order valence-corrected chi connectivity index (χ3v) is 5.46. The van der Waals surface area contributed by atoms with Gasteiger partial charge in [0, 0.05) is 20.8 Å². The van der Waals surface area contributed by atoms with Gasteiger partial charge >= 0.3 is 0 Å². The van der Waals surface area contributed by atoms with Crippen molar-refractivity contribution in [1.82, 2.24) is 4.98 Å². The Kier molecular flexibility index (Phi) is 4.12. The van der Waals surface area contributed by atoms with E-state index in [1.807, 2.05) is 42.5 Å². The van der Waals surface area contributed by atoms with Gasteiger partial charge in [0.15, 0.2) is 5.76 Å². The zero-order valence-electron chi connectivity index (χ0n) is 12.1. The van der Waals surface area contributed by atoms with Gasteiger partial charge in [0.25, 0.3) is 0 Å². The molecule has 24 heavy (non-hydrogen) atoms. The van der Waals surface area contributed by atoms with Gasteiger partial charge in [0.1, 0.15) is 16.3 Å². The van der Waals surface area contributed by atoms with Crippen LogP contribution in [0.1, 0.15) is 16.2 Å². The lowest BCUT2D eigenvalue weighted by Crippen LogP contribution is -1.99. The first kappa shape index (κ1) is 15.7. The molecule has 2 aromatic heterocycles. The maximum atomic E-state index is 12.7. The second-order valence-corrected chi connectivity index (χ2v) is 7.78. The molecule has 0 aliphatic rings. The molecule has 0 spiro atoms. The van der Waals surface area contributed by atoms with Crippen molar-refractivity contribution in [2.75, 3.05) is 0 Å². The van der Waals surface area contributed by atoms with Crippen molar-refractivity contribution in [1.29, 1.82) is 0 Å². The van der Waals surface area contributed by atoms with Crippen LogP contribution in [0.15, 0.2) is 67.3 Å². The predicted molar refractivity (Wildman–Crippen MR) is 103 cm³/mol. The number of hydrogen-bond donors (Lipinski definition) is 0. The number of fused-ring (bicyclic) bond motifs is 1. The molecule has 4 aromatic rings. The molecule has 0 saturated carbocycles. The number of aromatic nitrogens is 1. The van der Waals surface area contributed by atoms with Crippen LogP contribution in [0.5, 0.6) is 0 Å². The SMILES string of the molecule is O=C(c1csc(-c2ccccc2)n1)c1cc2cc(Br)cc(Br)c2o1. The van der Waals surface area contributed by atoms with E-state index in [2.05, 4.69) is 36.8 Å². The highest BCUT2D eigenvalue weighted by Crippen LogP contribution is 2.32. The highest BCUT2D eigenvalue weighted by molar-refractivity contribution is 9.11. The van der Waals surface area contributed by atoms with E-state index in [4.69, 9.17) is 4.42 Å². The molecule has 6 heteroatoms. The van der Waals surface area contributed by atoms with Gasteiger partial charge < -0.3 is 4.42 Å². The monoisotopic (exact) mass is 461 g/mol. The van der Waals surface area contributed by atoms with E-state index in [0.29, 0.717) is 11.3 Å². The molecule has 118 valence electrons. The zero-order valence-corrected chi connectivity index (χ0v) is 16.1. The van der Waals surface area contributed by atoms with E-state index >= 15 is 0 Å². The Hall–Kier alpha value is -1.76. The number of furan rings is 1. The molecule has 0 aliphatic carbocycles. The molecule has 0 fully saturated rings. The van der Waals surface area contributed by atoms with Crippen LogP contribution in [-0.2, 0) is 0 Å². The summed E-state index contributed by atoms with van der Waals surface area (Å²) < 4.78 is 7.45. The van der Waals surface area contributed by atoms with Crippen molar-refractivity contribution < 1.29 is 9.21 Å². The summed E-state index contributed by atoms with van der Waals surface area (Å²) in [5.41, 5.74) is 2.05. The van der Waals surface area contributed by atoms with Gasteiger partial charge in [-0.25, -0.2) is 4.98 Å². The van der Waals surface area contributed by atoms with Gasteiger partial charge in [-0.2, -0.15) is 0 Å². The number of rotatable bonds is 3. The molecule has 3 nitrogen and oxygen atoms in total. The lowest BCUT2D eigenvalue weighted by Gasteiger charge is -1.95. The van der Waals surface area contributed by atoms with Crippen LogP contribution in [0.3, 0.4) is 0 Å². The lowest BCUT2D eigenvalue weighted by molar-refractivity contribution is 0.101. The summed E-state index contributed by atoms with van der Waals surface area (Å²) in [6.07, 6.45) is 0. The molecule has 0 N–H and O–H groups in total. The molecule has 0 saturated heterocycles. The number of nitrogens with zero attached hydrogens (tertiary/aromatic N) is 1. The molecule has 0 bridgehead atoms. The smallest absolute Gasteiger partial charge is 0.247 e. The molecule has 2 heterocycles. The average molecular weight is 463 g/mol. The number of hydrogen-bond acceptors (Lipinski definition) is 4. The average Bonchev–Trinajstić information content (AvgIpc) is 3.22. The normalized spacial score (nSPS) is 11.1. The Balaban J connectivity index is 1.72. The van der Waals surface area contributed by atoms with Crippen molar-refractivity contribution in [3.8, 4) is 10.6 Å². The van der Waals surface area contributed by atoms with E-state index < -0.39 is 0 Å². The molecular formula is C18H9Br2NO2S. The first-order chi connectivity index (χ1) is 11.6. The van der Waals surface area contributed by atoms with Crippen LogP contribution in [0.4, 0.5) is 0 Å². The molecule has 2 aromatic carbocycles. The minimum Gasteiger partial charge on any atom is -0.451 e. The Morgan fingerprint density at radius 2 is 1.88 bits per heavy atom. The summed E-state index contributed by atoms with van der Waals surface area (Å²) in [5, 5.41) is 3.44. The van der Waals surface area contributed by atoms with Crippen LogP contribution < -0.4 is 0 Å². The van der Waals surface area contributed by atoms with Crippen molar-refractivity contribution in [3.63, 3.8) is 0 Å². The van der Waals surface area contributed by atoms with E-state index in [1.54, 1.807) is 11.4 Å². The van der Waals surface area contributed by atoms with E-state index in [0.717, 1.165) is 24.9 Å². The summed E-state index contributed by atoms with van der Waals surface area (Å²) in [5.74, 6) is 0.0707. The van der Waals surface area contributed by atoms with Crippen molar-refractivity contribution >= 4 is 59.9 Å². The summed E-state index contributed by atoms with van der Waals surface area (Å²) in [4.78, 5) is 17.1. The van der Waals surface area contributed by atoms with Crippen LogP contribution >= 0.6 is 43.2 Å². The quantitative estimate of drug-likeness (QED) is 0.335. The number of ketones is 1. The number of halogens is 2. The third kappa shape index (κ3) is 2.85. The first-order valence-corrected chi connectivity index (χ1v) is 9.52. The zero-order chi connectivity index (χ0) is 16.7. The van der Waals surface area contributed by atoms with Crippen LogP contribution in [-0.4, -0.2) is 10.8 Å². The van der Waals surface area contributed by atoms with Crippen LogP contribution in [0, 0.1) is 0 Å². The Morgan fingerprint density at radius 3 is 2.67 bits per heavy atom. The van der Waals surface area contributed by atoms with Crippen molar-refractivity contribution in [2.24, 2.45) is 0 Å². The third-order valence-electron chi connectivity index (χ3n) is 3.52. The second-order valence-electron chi connectivity index (χ2n) is 5.15. The molecule has 0 aliphatic heterocycles. The number of benzene rings is 2. The van der Waals surface area contributed by atoms with Crippen molar-refractivity contribution in [3.05, 3.63) is 74.3 Å². The molecular weight excluding hydrogens is 454 g/mol. The Bertz CT molecular complexity index is 1050. The molecule has 0 radical (unpaired) electrons. The van der Waals surface area contributed by atoms with Crippen LogP contribution in [0.2, 0.25) is 0 Å². The predicted octanol–water partition coefficient (Wildman–Crippen LogP) is 6.31. The maximum Gasteiger partial charge on any atom is 0.247 e. The maximum absolute atomic E-state index is 12.7. The van der Waals surface area contributed by atoms with Gasteiger partial charge in [-0.15, -0.1) is 11.3 Å². The topological polar surface area (TPSA) is 43.1 Å². The molecule has 0 amide bonds. The standard InChI is InChI=1S/C18H9Br2NO2S/c19-12-6-11-7-15(23-17(11)13(20)8-12)16(22)14-9-24-18(21-14)10-4-2-1-3-5-10/h1-9H. The van der Waals surface area contributed by atoms with Gasteiger partial charge in [-0.3, -0.25) is 4.79 Å². The fraction of sp³-hybridized carbons (Fsp3) is 0. The van der Waals surface area contributed by atoms with E-state index in [9.17, 15) is 4.79 Å². The largest absolute Gasteiger partial charge is 0.451 e. The van der Waals surface area contributed by atoms with E-state index in [1.165, 1.54) is 11.3 Å². The minimum absolute atomic E-state index is 0.215. The van der Waals surface area contributed by atoms with Crippen molar-refractivity contribution in [2.45, 2.75) is 0 Å². The van der Waals surface area contributed by atoms with Gasteiger partial charge in [0.05, 0.1) is 4.47 Å². The number of carbonyl (C=O) groups excluding carboxylic acids is 1. The lowest BCUT2D eigenvalue weighted by atomic mass is 10.2. The highest BCUT2D eigenvalue weighted by atomic mass is 79.9. The number of carbonyl (C=O) groups is 1.